The molecule has 2 heterocycles. The summed E-state index contributed by atoms with van der Waals surface area (Å²) in [6.07, 6.45) is 2.43. The van der Waals surface area contributed by atoms with Crippen LogP contribution in [0.1, 0.15) is 18.1 Å². The molecule has 1 N–H and O–H groups in total. The Morgan fingerprint density at radius 3 is 2.61 bits per heavy atom. The smallest absolute Gasteiger partial charge is 0.128 e. The second kappa shape index (κ2) is 7.77. The first-order chi connectivity index (χ1) is 11.2. The van der Waals surface area contributed by atoms with Crippen molar-refractivity contribution in [2.45, 2.75) is 12.5 Å². The van der Waals surface area contributed by atoms with Gasteiger partial charge in [-0.15, -0.1) is 0 Å². The van der Waals surface area contributed by atoms with Crippen LogP contribution >= 0.6 is 11.6 Å². The Labute approximate surface area is 142 Å². The predicted octanol–water partition coefficient (Wildman–Crippen LogP) is 2.98. The fraction of sp³-hybridized carbons (Fsp3) is 0.389. The monoisotopic (exact) mass is 331 g/mol. The number of anilines is 1. The van der Waals surface area contributed by atoms with E-state index in [1.807, 2.05) is 42.6 Å². The van der Waals surface area contributed by atoms with E-state index in [-0.39, 0.29) is 0 Å². The third kappa shape index (κ3) is 4.44. The second-order valence-corrected chi connectivity index (χ2v) is 6.33. The molecular weight excluding hydrogens is 310 g/mol. The van der Waals surface area contributed by atoms with Crippen LogP contribution in [0, 0.1) is 0 Å². The van der Waals surface area contributed by atoms with Gasteiger partial charge in [-0.05, 0) is 36.2 Å². The molecule has 0 radical (unpaired) electrons. The molecule has 1 fully saturated rings. The molecule has 1 saturated heterocycles. The molecule has 4 nitrogen and oxygen atoms in total. The van der Waals surface area contributed by atoms with Crippen LogP contribution in [0.3, 0.4) is 0 Å². The minimum atomic E-state index is -0.478. The Kier molecular flexibility index (Phi) is 5.49. The van der Waals surface area contributed by atoms with E-state index in [0.717, 1.165) is 44.0 Å². The zero-order valence-corrected chi connectivity index (χ0v) is 13.9. The van der Waals surface area contributed by atoms with Crippen molar-refractivity contribution in [1.29, 1.82) is 0 Å². The predicted molar refractivity (Wildman–Crippen MR) is 93.9 cm³/mol. The van der Waals surface area contributed by atoms with Crippen molar-refractivity contribution in [3.05, 3.63) is 59.2 Å². The number of hydrogen-bond acceptors (Lipinski definition) is 4. The van der Waals surface area contributed by atoms with Crippen LogP contribution in [-0.4, -0.2) is 47.7 Å². The number of nitrogens with zero attached hydrogens (tertiary/aromatic N) is 3. The van der Waals surface area contributed by atoms with Crippen LogP contribution in [-0.2, 0) is 0 Å². The van der Waals surface area contributed by atoms with Crippen LogP contribution in [0.25, 0.3) is 0 Å². The molecular formula is C18H22ClN3O. The molecule has 1 aliphatic heterocycles. The van der Waals surface area contributed by atoms with Crippen molar-refractivity contribution in [1.82, 2.24) is 9.88 Å². The number of aromatic nitrogens is 1. The van der Waals surface area contributed by atoms with Crippen LogP contribution in [0.15, 0.2) is 48.7 Å². The molecule has 0 unspecified atom stereocenters. The number of pyridine rings is 1. The van der Waals surface area contributed by atoms with Gasteiger partial charge in [0.05, 0.1) is 6.10 Å². The first-order valence-corrected chi connectivity index (χ1v) is 8.42. The lowest BCUT2D eigenvalue weighted by molar-refractivity contribution is 0.117. The third-order valence-electron chi connectivity index (χ3n) is 4.25. The first kappa shape index (κ1) is 16.2. The van der Waals surface area contributed by atoms with Crippen LogP contribution in [0.2, 0.25) is 5.02 Å². The third-order valence-corrected chi connectivity index (χ3v) is 4.50. The van der Waals surface area contributed by atoms with Gasteiger partial charge in [-0.2, -0.15) is 0 Å². The van der Waals surface area contributed by atoms with E-state index in [2.05, 4.69) is 20.9 Å². The Morgan fingerprint density at radius 2 is 1.87 bits per heavy atom. The molecule has 1 aromatic heterocycles. The molecule has 0 amide bonds. The van der Waals surface area contributed by atoms with Gasteiger partial charge in [0.2, 0.25) is 0 Å². The summed E-state index contributed by atoms with van der Waals surface area (Å²) in [4.78, 5) is 9.07. The highest BCUT2D eigenvalue weighted by Gasteiger charge is 2.18. The second-order valence-electron chi connectivity index (χ2n) is 5.90. The summed E-state index contributed by atoms with van der Waals surface area (Å²) in [6, 6.07) is 13.5. The Balaban J connectivity index is 1.57. The lowest BCUT2D eigenvalue weighted by atomic mass is 10.1. The highest BCUT2D eigenvalue weighted by Crippen LogP contribution is 2.19. The maximum absolute atomic E-state index is 10.4. The van der Waals surface area contributed by atoms with E-state index >= 15 is 0 Å². The van der Waals surface area contributed by atoms with E-state index in [0.29, 0.717) is 11.6 Å². The van der Waals surface area contributed by atoms with Crippen molar-refractivity contribution in [2.24, 2.45) is 0 Å². The van der Waals surface area contributed by atoms with Crippen molar-refractivity contribution in [3.8, 4) is 0 Å². The van der Waals surface area contributed by atoms with Gasteiger partial charge in [0.1, 0.15) is 5.82 Å². The lowest BCUT2D eigenvalue weighted by Crippen LogP contribution is -2.33. The normalized spacial score (nSPS) is 17.7. The van der Waals surface area contributed by atoms with Gasteiger partial charge in [0, 0.05) is 43.9 Å². The average molecular weight is 332 g/mol. The molecule has 1 atom stereocenters. The zero-order valence-electron chi connectivity index (χ0n) is 13.1. The number of aliphatic hydroxyl groups excluding tert-OH is 1. The van der Waals surface area contributed by atoms with Gasteiger partial charge < -0.3 is 10.0 Å². The average Bonchev–Trinajstić information content (AvgIpc) is 2.82. The van der Waals surface area contributed by atoms with Crippen molar-refractivity contribution < 1.29 is 5.11 Å². The number of β-amino-alcohol motifs (C(OH)–C–C–N with tert-alkyl or cyclic N) is 1. The fourth-order valence-electron chi connectivity index (χ4n) is 2.96. The quantitative estimate of drug-likeness (QED) is 0.935. The molecule has 0 spiro atoms. The summed E-state index contributed by atoms with van der Waals surface area (Å²) in [6.45, 7) is 4.52. The fourth-order valence-corrected chi connectivity index (χ4v) is 3.08. The topological polar surface area (TPSA) is 39.6 Å². The van der Waals surface area contributed by atoms with Crippen LogP contribution < -0.4 is 4.90 Å². The van der Waals surface area contributed by atoms with Crippen molar-refractivity contribution in [3.63, 3.8) is 0 Å². The van der Waals surface area contributed by atoms with Gasteiger partial charge in [-0.3, -0.25) is 4.90 Å². The van der Waals surface area contributed by atoms with E-state index in [1.165, 1.54) is 0 Å². The molecule has 2 aromatic rings. The van der Waals surface area contributed by atoms with E-state index < -0.39 is 6.10 Å². The maximum atomic E-state index is 10.4. The zero-order chi connectivity index (χ0) is 16.1. The number of halogens is 1. The molecule has 1 aromatic carbocycles. The number of hydrogen-bond donors (Lipinski definition) is 1. The molecule has 1 aliphatic rings. The van der Waals surface area contributed by atoms with Crippen molar-refractivity contribution in [2.75, 3.05) is 37.6 Å². The number of benzene rings is 1. The van der Waals surface area contributed by atoms with Crippen LogP contribution in [0.5, 0.6) is 0 Å². The Bertz CT molecular complexity index is 605. The summed E-state index contributed by atoms with van der Waals surface area (Å²) in [5.41, 5.74) is 0.917. The van der Waals surface area contributed by atoms with Gasteiger partial charge in [-0.1, -0.05) is 29.8 Å². The number of aliphatic hydroxyl groups is 1. The SMILES string of the molecule is O[C@@H](CN1CCCN(c2ccccn2)CC1)c1ccc(Cl)cc1. The molecule has 23 heavy (non-hydrogen) atoms. The summed E-state index contributed by atoms with van der Waals surface area (Å²) < 4.78 is 0. The van der Waals surface area contributed by atoms with Gasteiger partial charge in [0.15, 0.2) is 0 Å². The molecule has 0 aliphatic carbocycles. The maximum Gasteiger partial charge on any atom is 0.128 e. The van der Waals surface area contributed by atoms with Crippen molar-refractivity contribution >= 4 is 17.4 Å². The first-order valence-electron chi connectivity index (χ1n) is 8.04. The number of rotatable bonds is 4. The van der Waals surface area contributed by atoms with Crippen LogP contribution in [0.4, 0.5) is 5.82 Å². The summed E-state index contributed by atoms with van der Waals surface area (Å²) in [7, 11) is 0. The Hall–Kier alpha value is -1.62. The summed E-state index contributed by atoms with van der Waals surface area (Å²) in [5.74, 6) is 1.03. The summed E-state index contributed by atoms with van der Waals surface area (Å²) >= 11 is 5.90. The largest absolute Gasteiger partial charge is 0.387 e. The molecule has 5 heteroatoms. The molecule has 122 valence electrons. The molecule has 3 rings (SSSR count). The molecule has 0 saturated carbocycles. The van der Waals surface area contributed by atoms with Gasteiger partial charge in [0.25, 0.3) is 0 Å². The Morgan fingerprint density at radius 1 is 1.04 bits per heavy atom. The van der Waals surface area contributed by atoms with Gasteiger partial charge in [-0.25, -0.2) is 4.98 Å². The standard InChI is InChI=1S/C18H22ClN3O/c19-16-7-5-15(6-8-16)17(23)14-21-10-3-11-22(13-12-21)18-4-1-2-9-20-18/h1-2,4-9,17,23H,3,10-14H2/t17-/m0/s1. The lowest BCUT2D eigenvalue weighted by Gasteiger charge is -2.24. The van der Waals surface area contributed by atoms with E-state index in [1.54, 1.807) is 0 Å². The van der Waals surface area contributed by atoms with E-state index in [9.17, 15) is 5.11 Å². The minimum Gasteiger partial charge on any atom is -0.387 e. The minimum absolute atomic E-state index is 0.478. The summed E-state index contributed by atoms with van der Waals surface area (Å²) in [5, 5.41) is 11.1. The van der Waals surface area contributed by atoms with E-state index in [4.69, 9.17) is 11.6 Å². The van der Waals surface area contributed by atoms with Gasteiger partial charge >= 0.3 is 0 Å². The highest BCUT2D eigenvalue weighted by atomic mass is 35.5. The highest BCUT2D eigenvalue weighted by molar-refractivity contribution is 6.30. The molecule has 0 bridgehead atoms.